The van der Waals surface area contributed by atoms with Crippen LogP contribution in [0.25, 0.3) is 11.3 Å². The minimum absolute atomic E-state index is 0.0981. The van der Waals surface area contributed by atoms with Crippen LogP contribution < -0.4 is 15.4 Å². The molecule has 4 saturated carbocycles. The van der Waals surface area contributed by atoms with Crippen LogP contribution in [0.15, 0.2) is 41.1 Å². The van der Waals surface area contributed by atoms with Crippen molar-refractivity contribution >= 4 is 17.5 Å². The lowest BCUT2D eigenvalue weighted by atomic mass is 9.72. The SMILES string of the molecule is COc1ccc([C@H]2CC[C@H](CN(c3cc(-c4coc(C5CC5)n4)ccn3)C(=O)[C@H]3CC[C@H](C(N)C(=O)C4CCC4)CC3)CC2)nc1C. The minimum Gasteiger partial charge on any atom is -0.495 e. The first-order valence-corrected chi connectivity index (χ1v) is 17.9. The lowest BCUT2D eigenvalue weighted by molar-refractivity contribution is -0.128. The molecule has 1 amide bonds. The molecule has 0 aromatic carbocycles. The summed E-state index contributed by atoms with van der Waals surface area (Å²) < 4.78 is 11.2. The number of aryl methyl sites for hydroxylation is 1. The highest BCUT2D eigenvalue weighted by Crippen LogP contribution is 2.41. The molecule has 0 aliphatic heterocycles. The van der Waals surface area contributed by atoms with Crippen molar-refractivity contribution in [1.82, 2.24) is 15.0 Å². The maximum Gasteiger partial charge on any atom is 0.231 e. The largest absolute Gasteiger partial charge is 0.495 e. The van der Waals surface area contributed by atoms with Crippen LogP contribution in [0, 0.1) is 30.6 Å². The second-order valence-corrected chi connectivity index (χ2v) is 14.6. The number of amides is 1. The normalized spacial score (nSPS) is 25.5. The van der Waals surface area contributed by atoms with Gasteiger partial charge >= 0.3 is 0 Å². The van der Waals surface area contributed by atoms with Crippen LogP contribution in [-0.2, 0) is 9.59 Å². The number of carbonyl (C=O) groups is 2. The van der Waals surface area contributed by atoms with Gasteiger partial charge in [0.1, 0.15) is 23.5 Å². The molecule has 7 rings (SSSR count). The number of pyridine rings is 2. The summed E-state index contributed by atoms with van der Waals surface area (Å²) >= 11 is 0. The van der Waals surface area contributed by atoms with Gasteiger partial charge in [-0.25, -0.2) is 9.97 Å². The molecule has 250 valence electrons. The molecule has 47 heavy (non-hydrogen) atoms. The van der Waals surface area contributed by atoms with E-state index in [0.717, 1.165) is 118 Å². The first kappa shape index (κ1) is 32.0. The van der Waals surface area contributed by atoms with Gasteiger partial charge in [-0.3, -0.25) is 19.5 Å². The number of nitrogens with zero attached hydrogens (tertiary/aromatic N) is 4. The average molecular weight is 640 g/mol. The molecule has 0 saturated heterocycles. The van der Waals surface area contributed by atoms with Crippen LogP contribution in [0.5, 0.6) is 5.75 Å². The number of anilines is 1. The molecule has 2 N–H and O–H groups in total. The van der Waals surface area contributed by atoms with E-state index >= 15 is 0 Å². The summed E-state index contributed by atoms with van der Waals surface area (Å²) in [5, 5.41) is 0. The highest BCUT2D eigenvalue weighted by molar-refractivity contribution is 5.95. The van der Waals surface area contributed by atoms with E-state index in [4.69, 9.17) is 29.8 Å². The lowest BCUT2D eigenvalue weighted by Crippen LogP contribution is -2.46. The quantitative estimate of drug-likeness (QED) is 0.235. The number of nitrogens with two attached hydrogens (primary N) is 1. The van der Waals surface area contributed by atoms with Gasteiger partial charge < -0.3 is 14.9 Å². The van der Waals surface area contributed by atoms with Crippen LogP contribution in [-0.4, -0.2) is 46.3 Å². The van der Waals surface area contributed by atoms with E-state index in [0.29, 0.717) is 30.1 Å². The fourth-order valence-electron chi connectivity index (χ4n) is 8.01. The van der Waals surface area contributed by atoms with E-state index in [-0.39, 0.29) is 29.4 Å². The molecule has 1 atom stereocenters. The Labute approximate surface area is 278 Å². The molecule has 0 bridgehead atoms. The predicted molar refractivity (Wildman–Crippen MR) is 180 cm³/mol. The maximum absolute atomic E-state index is 14.4. The lowest BCUT2D eigenvalue weighted by Gasteiger charge is -2.37. The molecule has 3 aromatic heterocycles. The summed E-state index contributed by atoms with van der Waals surface area (Å²) in [6.45, 7) is 2.64. The molecular formula is C38H49N5O4. The number of hydrogen-bond acceptors (Lipinski definition) is 8. The molecule has 0 spiro atoms. The number of rotatable bonds is 11. The smallest absolute Gasteiger partial charge is 0.231 e. The summed E-state index contributed by atoms with van der Waals surface area (Å²) in [5.74, 6) is 4.12. The number of ketones is 1. The maximum atomic E-state index is 14.4. The van der Waals surface area contributed by atoms with Gasteiger partial charge in [-0.1, -0.05) is 6.42 Å². The van der Waals surface area contributed by atoms with Crippen molar-refractivity contribution in [2.24, 2.45) is 29.4 Å². The van der Waals surface area contributed by atoms with E-state index in [1.54, 1.807) is 19.6 Å². The molecule has 9 nitrogen and oxygen atoms in total. The van der Waals surface area contributed by atoms with Crippen LogP contribution in [0.1, 0.15) is 113 Å². The minimum atomic E-state index is -0.395. The van der Waals surface area contributed by atoms with Crippen molar-refractivity contribution in [1.29, 1.82) is 0 Å². The Morgan fingerprint density at radius 3 is 2.34 bits per heavy atom. The third-order valence-electron chi connectivity index (χ3n) is 11.5. The second-order valence-electron chi connectivity index (χ2n) is 14.6. The van der Waals surface area contributed by atoms with Gasteiger partial charge in [-0.05, 0) is 120 Å². The summed E-state index contributed by atoms with van der Waals surface area (Å²) in [4.78, 5) is 43.6. The van der Waals surface area contributed by atoms with E-state index in [1.807, 2.05) is 30.0 Å². The van der Waals surface area contributed by atoms with Crippen LogP contribution in [0.2, 0.25) is 0 Å². The Morgan fingerprint density at radius 1 is 0.936 bits per heavy atom. The number of ether oxygens (including phenoxy) is 1. The van der Waals surface area contributed by atoms with Gasteiger partial charge in [0.05, 0.1) is 18.8 Å². The van der Waals surface area contributed by atoms with Crippen molar-refractivity contribution in [2.45, 2.75) is 108 Å². The van der Waals surface area contributed by atoms with E-state index < -0.39 is 6.04 Å². The van der Waals surface area contributed by atoms with Gasteiger partial charge in [0.15, 0.2) is 11.7 Å². The van der Waals surface area contributed by atoms with Crippen molar-refractivity contribution in [3.05, 3.63) is 54.0 Å². The summed E-state index contributed by atoms with van der Waals surface area (Å²) in [7, 11) is 1.68. The number of carbonyl (C=O) groups excluding carboxylic acids is 2. The zero-order valence-corrected chi connectivity index (χ0v) is 27.9. The zero-order valence-electron chi connectivity index (χ0n) is 27.9. The van der Waals surface area contributed by atoms with Gasteiger partial charge in [0.2, 0.25) is 5.91 Å². The molecular weight excluding hydrogens is 590 g/mol. The zero-order chi connectivity index (χ0) is 32.5. The number of Topliss-reactive ketones (excluding diaryl/α,β-unsaturated/α-hetero) is 1. The highest BCUT2D eigenvalue weighted by Gasteiger charge is 2.38. The molecule has 3 aromatic rings. The van der Waals surface area contributed by atoms with Gasteiger partial charge in [-0.2, -0.15) is 0 Å². The topological polar surface area (TPSA) is 124 Å². The Balaban J connectivity index is 1.06. The Bertz CT molecular complexity index is 1560. The Hall–Kier alpha value is -3.59. The fourth-order valence-corrected chi connectivity index (χ4v) is 8.01. The number of oxazole rings is 1. The number of methoxy groups -OCH3 is 1. The van der Waals surface area contributed by atoms with Crippen molar-refractivity contribution < 1.29 is 18.7 Å². The first-order chi connectivity index (χ1) is 22.9. The Morgan fingerprint density at radius 2 is 1.68 bits per heavy atom. The number of hydrogen-bond donors (Lipinski definition) is 1. The molecule has 3 heterocycles. The molecule has 4 aliphatic rings. The van der Waals surface area contributed by atoms with Crippen LogP contribution in [0.4, 0.5) is 5.82 Å². The van der Waals surface area contributed by atoms with Crippen molar-refractivity contribution in [3.8, 4) is 17.0 Å². The molecule has 4 aliphatic carbocycles. The summed E-state index contributed by atoms with van der Waals surface area (Å²) in [6.07, 6.45) is 16.2. The first-order valence-electron chi connectivity index (χ1n) is 17.9. The third-order valence-corrected chi connectivity index (χ3v) is 11.5. The molecule has 0 radical (unpaired) electrons. The average Bonchev–Trinajstić information content (AvgIpc) is 3.82. The second kappa shape index (κ2) is 13.9. The van der Waals surface area contributed by atoms with Crippen LogP contribution >= 0.6 is 0 Å². The molecule has 1 unspecified atom stereocenters. The fraction of sp³-hybridized carbons (Fsp3) is 0.605. The Kier molecular flexibility index (Phi) is 9.44. The van der Waals surface area contributed by atoms with Gasteiger partial charge in [0.25, 0.3) is 0 Å². The van der Waals surface area contributed by atoms with Gasteiger partial charge in [0, 0.05) is 47.7 Å². The van der Waals surface area contributed by atoms with Crippen molar-refractivity contribution in [3.63, 3.8) is 0 Å². The van der Waals surface area contributed by atoms with Gasteiger partial charge in [-0.15, -0.1) is 0 Å². The van der Waals surface area contributed by atoms with E-state index in [9.17, 15) is 9.59 Å². The van der Waals surface area contributed by atoms with Crippen molar-refractivity contribution in [2.75, 3.05) is 18.6 Å². The molecule has 9 heteroatoms. The van der Waals surface area contributed by atoms with E-state index in [1.165, 1.54) is 0 Å². The summed E-state index contributed by atoms with van der Waals surface area (Å²) in [5.41, 5.74) is 10.3. The highest BCUT2D eigenvalue weighted by atomic mass is 16.5. The third kappa shape index (κ3) is 7.01. The standard InChI is InChI=1S/C38H49N5O4/c1-23-33(46-2)17-16-31(41-23)25-8-6-24(7-9-25)21-43(34-20-30(18-19-40-34)32-22-47-37(42-32)28-12-13-28)38(45)29-14-10-26(11-15-29)35(39)36(44)27-4-3-5-27/h16-20,22,24-29,35H,3-15,21,39H2,1-2H3/t24-,25-,26-,29-,35?. The monoisotopic (exact) mass is 639 g/mol. The summed E-state index contributed by atoms with van der Waals surface area (Å²) in [6, 6.07) is 7.68. The molecule has 4 fully saturated rings. The predicted octanol–water partition coefficient (Wildman–Crippen LogP) is 7.14. The van der Waals surface area contributed by atoms with E-state index in [2.05, 4.69) is 6.07 Å². The van der Waals surface area contributed by atoms with Crippen LogP contribution in [0.3, 0.4) is 0 Å². The number of aromatic nitrogens is 3.